The summed E-state index contributed by atoms with van der Waals surface area (Å²) in [6.07, 6.45) is 0. The number of halogens is 1. The van der Waals surface area contributed by atoms with Crippen molar-refractivity contribution in [3.05, 3.63) is 35.3 Å². The standard InChI is InChI=1S/C15H20N4OS.ClH/c1-15(2,3)12(16)13(20)17-9-11-18-19-14(21-11)10-7-5-4-6-8-10;/h4-8,12H,9,16H2,1-3H3,(H,17,20);1H/t12-;/m1./s1. The average Bonchev–Trinajstić information content (AvgIpc) is 2.93. The largest absolute Gasteiger partial charge is 0.348 e. The lowest BCUT2D eigenvalue weighted by Gasteiger charge is -2.25. The lowest BCUT2D eigenvalue weighted by molar-refractivity contribution is -0.124. The van der Waals surface area contributed by atoms with Crippen LogP contribution in [0.3, 0.4) is 0 Å². The van der Waals surface area contributed by atoms with Gasteiger partial charge in [0.25, 0.3) is 0 Å². The predicted octanol–water partition coefficient (Wildman–Crippen LogP) is 2.62. The Kier molecular flexibility index (Phi) is 6.47. The maximum absolute atomic E-state index is 12.0. The molecule has 1 amide bonds. The third kappa shape index (κ3) is 4.76. The molecule has 0 aliphatic carbocycles. The lowest BCUT2D eigenvalue weighted by Crippen LogP contribution is -2.48. The number of rotatable bonds is 4. The first-order chi connectivity index (χ1) is 9.88. The Bertz CT molecular complexity index is 610. The number of nitrogens with two attached hydrogens (primary N) is 1. The van der Waals surface area contributed by atoms with E-state index in [1.54, 1.807) is 0 Å². The normalized spacial score (nSPS) is 12.4. The summed E-state index contributed by atoms with van der Waals surface area (Å²) >= 11 is 1.47. The van der Waals surface area contributed by atoms with Crippen molar-refractivity contribution in [1.29, 1.82) is 0 Å². The number of nitrogens with one attached hydrogen (secondary N) is 1. The van der Waals surface area contributed by atoms with Crippen molar-refractivity contribution in [3.63, 3.8) is 0 Å². The highest BCUT2D eigenvalue weighted by Gasteiger charge is 2.27. The molecule has 1 aromatic heterocycles. The average molecular weight is 341 g/mol. The molecule has 0 bridgehead atoms. The fourth-order valence-electron chi connectivity index (χ4n) is 1.69. The fraction of sp³-hybridized carbons (Fsp3) is 0.400. The molecule has 120 valence electrons. The van der Waals surface area contributed by atoms with Crippen LogP contribution in [0.15, 0.2) is 30.3 Å². The molecule has 3 N–H and O–H groups in total. The quantitative estimate of drug-likeness (QED) is 0.896. The summed E-state index contributed by atoms with van der Waals surface area (Å²) in [7, 11) is 0. The molecule has 1 atom stereocenters. The third-order valence-electron chi connectivity index (χ3n) is 3.12. The molecule has 2 rings (SSSR count). The van der Waals surface area contributed by atoms with E-state index in [0.717, 1.165) is 15.6 Å². The molecule has 0 fully saturated rings. The van der Waals surface area contributed by atoms with Gasteiger partial charge in [-0.05, 0) is 5.41 Å². The number of benzene rings is 1. The van der Waals surface area contributed by atoms with E-state index in [-0.39, 0.29) is 23.7 Å². The van der Waals surface area contributed by atoms with E-state index in [2.05, 4.69) is 15.5 Å². The minimum atomic E-state index is -0.543. The van der Waals surface area contributed by atoms with Gasteiger partial charge in [0, 0.05) is 5.56 Å². The van der Waals surface area contributed by atoms with Crippen molar-refractivity contribution in [2.45, 2.75) is 33.4 Å². The molecule has 2 aromatic rings. The predicted molar refractivity (Wildman–Crippen MR) is 91.9 cm³/mol. The van der Waals surface area contributed by atoms with Crippen molar-refractivity contribution in [2.75, 3.05) is 0 Å². The zero-order valence-electron chi connectivity index (χ0n) is 12.9. The van der Waals surface area contributed by atoms with Gasteiger partial charge in [-0.15, -0.1) is 22.6 Å². The summed E-state index contributed by atoms with van der Waals surface area (Å²) < 4.78 is 0. The Morgan fingerprint density at radius 1 is 1.27 bits per heavy atom. The van der Waals surface area contributed by atoms with Gasteiger partial charge in [0.05, 0.1) is 12.6 Å². The van der Waals surface area contributed by atoms with Gasteiger partial charge >= 0.3 is 0 Å². The van der Waals surface area contributed by atoms with Gasteiger partial charge in [0.2, 0.25) is 5.91 Å². The van der Waals surface area contributed by atoms with E-state index in [0.29, 0.717) is 6.54 Å². The second kappa shape index (κ2) is 7.67. The van der Waals surface area contributed by atoms with Crippen molar-refractivity contribution < 1.29 is 4.79 Å². The van der Waals surface area contributed by atoms with E-state index in [4.69, 9.17) is 5.73 Å². The first-order valence-electron chi connectivity index (χ1n) is 6.79. The van der Waals surface area contributed by atoms with Crippen LogP contribution in [0.1, 0.15) is 25.8 Å². The highest BCUT2D eigenvalue weighted by Crippen LogP contribution is 2.23. The second-order valence-corrected chi connectivity index (χ2v) is 6.99. The van der Waals surface area contributed by atoms with Crippen LogP contribution in [-0.2, 0) is 11.3 Å². The van der Waals surface area contributed by atoms with Crippen molar-refractivity contribution in [3.8, 4) is 10.6 Å². The summed E-state index contributed by atoms with van der Waals surface area (Å²) in [5, 5.41) is 12.7. The summed E-state index contributed by atoms with van der Waals surface area (Å²) in [5.41, 5.74) is 6.67. The Morgan fingerprint density at radius 3 is 2.50 bits per heavy atom. The Hall–Kier alpha value is -1.50. The zero-order valence-corrected chi connectivity index (χ0v) is 14.5. The first kappa shape index (κ1) is 18.5. The number of hydrogen-bond donors (Lipinski definition) is 2. The van der Waals surface area contributed by atoms with E-state index in [1.807, 2.05) is 51.1 Å². The molecule has 1 aromatic carbocycles. The van der Waals surface area contributed by atoms with Gasteiger partial charge in [-0.1, -0.05) is 62.4 Å². The van der Waals surface area contributed by atoms with Gasteiger partial charge < -0.3 is 11.1 Å². The topological polar surface area (TPSA) is 80.9 Å². The highest BCUT2D eigenvalue weighted by atomic mass is 35.5. The van der Waals surface area contributed by atoms with E-state index in [1.165, 1.54) is 11.3 Å². The summed E-state index contributed by atoms with van der Waals surface area (Å²) in [6.45, 7) is 6.17. The van der Waals surface area contributed by atoms with Crippen LogP contribution in [0.4, 0.5) is 0 Å². The van der Waals surface area contributed by atoms with Crippen molar-refractivity contribution in [2.24, 2.45) is 11.1 Å². The van der Waals surface area contributed by atoms with Crippen LogP contribution in [0.2, 0.25) is 0 Å². The summed E-state index contributed by atoms with van der Waals surface area (Å²) in [6, 6.07) is 9.30. The fourth-order valence-corrected chi connectivity index (χ4v) is 2.47. The number of aromatic nitrogens is 2. The van der Waals surface area contributed by atoms with Crippen LogP contribution in [0.5, 0.6) is 0 Å². The van der Waals surface area contributed by atoms with Crippen molar-refractivity contribution >= 4 is 29.7 Å². The SMILES string of the molecule is CC(C)(C)[C@H](N)C(=O)NCc1nnc(-c2ccccc2)s1.Cl. The van der Waals surface area contributed by atoms with Gasteiger partial charge in [-0.2, -0.15) is 0 Å². The molecular formula is C15H21ClN4OS. The molecule has 0 aliphatic rings. The molecule has 7 heteroatoms. The summed E-state index contributed by atoms with van der Waals surface area (Å²) in [5.74, 6) is -0.168. The van der Waals surface area contributed by atoms with Crippen molar-refractivity contribution in [1.82, 2.24) is 15.5 Å². The minimum absolute atomic E-state index is 0. The van der Waals surface area contributed by atoms with Gasteiger partial charge in [0.15, 0.2) is 0 Å². The zero-order chi connectivity index (χ0) is 15.5. The minimum Gasteiger partial charge on any atom is -0.348 e. The van der Waals surface area contributed by atoms with E-state index >= 15 is 0 Å². The van der Waals surface area contributed by atoms with E-state index < -0.39 is 6.04 Å². The molecule has 0 aliphatic heterocycles. The highest BCUT2D eigenvalue weighted by molar-refractivity contribution is 7.14. The van der Waals surface area contributed by atoms with Crippen LogP contribution in [0.25, 0.3) is 10.6 Å². The van der Waals surface area contributed by atoms with Gasteiger partial charge in [-0.25, -0.2) is 0 Å². The molecule has 1 heterocycles. The Labute approximate surface area is 140 Å². The smallest absolute Gasteiger partial charge is 0.237 e. The molecule has 0 saturated carbocycles. The molecule has 0 radical (unpaired) electrons. The molecule has 22 heavy (non-hydrogen) atoms. The molecule has 0 spiro atoms. The van der Waals surface area contributed by atoms with Gasteiger partial charge in [0.1, 0.15) is 10.0 Å². The molecule has 0 saturated heterocycles. The number of amides is 1. The van der Waals surface area contributed by atoms with Crippen LogP contribution in [0, 0.1) is 5.41 Å². The summed E-state index contributed by atoms with van der Waals surface area (Å²) in [4.78, 5) is 12.0. The Balaban J connectivity index is 0.00000242. The first-order valence-corrected chi connectivity index (χ1v) is 7.60. The number of nitrogens with zero attached hydrogens (tertiary/aromatic N) is 2. The second-order valence-electron chi connectivity index (χ2n) is 5.93. The number of carbonyl (C=O) groups is 1. The third-order valence-corrected chi connectivity index (χ3v) is 4.09. The molecule has 0 unspecified atom stereocenters. The number of carbonyl (C=O) groups excluding carboxylic acids is 1. The molecular weight excluding hydrogens is 320 g/mol. The number of hydrogen-bond acceptors (Lipinski definition) is 5. The van der Waals surface area contributed by atoms with Crippen LogP contribution in [-0.4, -0.2) is 22.1 Å². The van der Waals surface area contributed by atoms with Gasteiger partial charge in [-0.3, -0.25) is 4.79 Å². The maximum Gasteiger partial charge on any atom is 0.237 e. The maximum atomic E-state index is 12.0. The lowest BCUT2D eigenvalue weighted by atomic mass is 9.87. The van der Waals surface area contributed by atoms with E-state index in [9.17, 15) is 4.79 Å². The van der Waals surface area contributed by atoms with Crippen LogP contribution >= 0.6 is 23.7 Å². The Morgan fingerprint density at radius 2 is 1.91 bits per heavy atom. The monoisotopic (exact) mass is 340 g/mol. The van der Waals surface area contributed by atoms with Crippen LogP contribution < -0.4 is 11.1 Å². The molecule has 5 nitrogen and oxygen atoms in total.